The maximum Gasteiger partial charge on any atom is -0.0351 e. The second-order valence-corrected chi connectivity index (χ2v) is 4.50. The first-order valence-electron chi connectivity index (χ1n) is 6.21. The molecule has 0 aliphatic rings. The lowest BCUT2D eigenvalue weighted by Crippen LogP contribution is -1.86. The number of hydrogen-bond donors (Lipinski definition) is 0. The predicted molar refractivity (Wildman–Crippen MR) is 66.3 cm³/mol. The Morgan fingerprint density at radius 3 is 2.21 bits per heavy atom. The maximum atomic E-state index is 3.77. The second-order valence-electron chi connectivity index (χ2n) is 4.50. The van der Waals surface area contributed by atoms with E-state index < -0.39 is 0 Å². The van der Waals surface area contributed by atoms with Crippen LogP contribution in [0.5, 0.6) is 0 Å². The molecule has 14 heavy (non-hydrogen) atoms. The van der Waals surface area contributed by atoms with Crippen LogP contribution in [0.15, 0.2) is 12.2 Å². The Kier molecular flexibility index (Phi) is 10.6. The van der Waals surface area contributed by atoms with E-state index in [4.69, 9.17) is 0 Å². The van der Waals surface area contributed by atoms with Crippen LogP contribution in [0.3, 0.4) is 0 Å². The molecule has 0 saturated heterocycles. The molecule has 0 aromatic carbocycles. The highest BCUT2D eigenvalue weighted by molar-refractivity contribution is 4.81. The molecular weight excluding hydrogens is 168 g/mol. The van der Waals surface area contributed by atoms with E-state index in [0.29, 0.717) is 0 Å². The molecule has 0 saturated carbocycles. The minimum Gasteiger partial charge on any atom is -0.0885 e. The van der Waals surface area contributed by atoms with Crippen molar-refractivity contribution in [2.45, 2.75) is 65.2 Å². The van der Waals surface area contributed by atoms with Crippen molar-refractivity contribution in [2.24, 2.45) is 5.92 Å². The fraction of sp³-hybridized carbons (Fsp3) is 0.786. The van der Waals surface area contributed by atoms with Gasteiger partial charge in [-0.3, -0.25) is 0 Å². The van der Waals surface area contributed by atoms with Crippen molar-refractivity contribution in [1.29, 1.82) is 0 Å². The Bertz CT molecular complexity index is 122. The van der Waals surface area contributed by atoms with Gasteiger partial charge in [-0.25, -0.2) is 0 Å². The highest BCUT2D eigenvalue weighted by atomic mass is 14.0. The van der Waals surface area contributed by atoms with E-state index >= 15 is 0 Å². The monoisotopic (exact) mass is 195 g/mol. The average Bonchev–Trinajstić information content (AvgIpc) is 2.15. The zero-order chi connectivity index (χ0) is 10.6. The van der Waals surface area contributed by atoms with Crippen LogP contribution in [-0.2, 0) is 0 Å². The van der Waals surface area contributed by atoms with Crippen molar-refractivity contribution < 1.29 is 0 Å². The minimum atomic E-state index is 0.884. The first-order chi connectivity index (χ1) is 6.77. The van der Waals surface area contributed by atoms with Gasteiger partial charge in [-0.2, -0.15) is 0 Å². The Hall–Kier alpha value is -0.260. The van der Waals surface area contributed by atoms with Gasteiger partial charge in [0.05, 0.1) is 0 Å². The van der Waals surface area contributed by atoms with Crippen LogP contribution >= 0.6 is 0 Å². The Balaban J connectivity index is 2.95. The standard InChI is InChI=1S/C14H27/c1-4-5-6-7-8-9-10-11-12-13-14(2)3/h5-6,14H,1,4,7-13H2,2-3H3/b6-5+. The number of unbranched alkanes of at least 4 members (excludes halogenated alkanes) is 5. The van der Waals surface area contributed by atoms with Gasteiger partial charge in [0.15, 0.2) is 0 Å². The molecule has 0 aromatic heterocycles. The van der Waals surface area contributed by atoms with Crippen molar-refractivity contribution in [3.8, 4) is 0 Å². The van der Waals surface area contributed by atoms with Crippen LogP contribution in [0.4, 0.5) is 0 Å². The van der Waals surface area contributed by atoms with Crippen molar-refractivity contribution >= 4 is 0 Å². The van der Waals surface area contributed by atoms with Crippen molar-refractivity contribution in [3.63, 3.8) is 0 Å². The molecule has 1 radical (unpaired) electrons. The summed E-state index contributed by atoms with van der Waals surface area (Å²) in [5.74, 6) is 0.884. The molecule has 0 unspecified atom stereocenters. The second kappa shape index (κ2) is 10.8. The first-order valence-corrected chi connectivity index (χ1v) is 6.21. The SMILES string of the molecule is [CH2]C/C=C/CCCCCCCC(C)C. The molecule has 0 heterocycles. The number of allylic oxidation sites excluding steroid dienone is 2. The van der Waals surface area contributed by atoms with Crippen molar-refractivity contribution in [2.75, 3.05) is 0 Å². The van der Waals surface area contributed by atoms with E-state index in [0.717, 1.165) is 12.3 Å². The minimum absolute atomic E-state index is 0.884. The molecule has 0 spiro atoms. The van der Waals surface area contributed by atoms with Gasteiger partial charge in [-0.05, 0) is 32.1 Å². The molecule has 0 aliphatic heterocycles. The lowest BCUT2D eigenvalue weighted by molar-refractivity contribution is 0.516. The van der Waals surface area contributed by atoms with Gasteiger partial charge < -0.3 is 0 Å². The van der Waals surface area contributed by atoms with Gasteiger partial charge in [0, 0.05) is 0 Å². The molecule has 0 heteroatoms. The summed E-state index contributed by atoms with van der Waals surface area (Å²) in [5, 5.41) is 0. The third-order valence-electron chi connectivity index (χ3n) is 2.49. The number of rotatable bonds is 9. The Morgan fingerprint density at radius 1 is 0.929 bits per heavy atom. The van der Waals surface area contributed by atoms with Gasteiger partial charge in [-0.15, -0.1) is 0 Å². The summed E-state index contributed by atoms with van der Waals surface area (Å²) in [4.78, 5) is 0. The van der Waals surface area contributed by atoms with Crippen LogP contribution < -0.4 is 0 Å². The molecule has 83 valence electrons. The largest absolute Gasteiger partial charge is 0.0885 e. The zero-order valence-corrected chi connectivity index (χ0v) is 10.1. The summed E-state index contributed by atoms with van der Waals surface area (Å²) < 4.78 is 0. The van der Waals surface area contributed by atoms with Crippen LogP contribution in [0.2, 0.25) is 0 Å². The van der Waals surface area contributed by atoms with Gasteiger partial charge in [0.2, 0.25) is 0 Å². The van der Waals surface area contributed by atoms with Crippen LogP contribution in [0.1, 0.15) is 65.2 Å². The Labute approximate surface area is 90.8 Å². The van der Waals surface area contributed by atoms with E-state index in [2.05, 4.69) is 32.9 Å². The third-order valence-corrected chi connectivity index (χ3v) is 2.49. The molecule has 0 amide bonds. The van der Waals surface area contributed by atoms with E-state index in [9.17, 15) is 0 Å². The molecule has 0 aromatic rings. The summed E-state index contributed by atoms with van der Waals surface area (Å²) in [6, 6.07) is 0. The maximum absolute atomic E-state index is 3.77. The summed E-state index contributed by atoms with van der Waals surface area (Å²) in [6.07, 6.45) is 15.1. The zero-order valence-electron chi connectivity index (χ0n) is 10.1. The summed E-state index contributed by atoms with van der Waals surface area (Å²) in [7, 11) is 0. The highest BCUT2D eigenvalue weighted by Crippen LogP contribution is 2.11. The highest BCUT2D eigenvalue weighted by Gasteiger charge is 1.93. The summed E-state index contributed by atoms with van der Waals surface area (Å²) in [6.45, 7) is 8.39. The lowest BCUT2D eigenvalue weighted by Gasteiger charge is -2.03. The molecular formula is C14H27. The van der Waals surface area contributed by atoms with E-state index in [1.807, 2.05) is 0 Å². The van der Waals surface area contributed by atoms with E-state index in [1.165, 1.54) is 44.9 Å². The molecule has 0 nitrogen and oxygen atoms in total. The quantitative estimate of drug-likeness (QED) is 0.352. The van der Waals surface area contributed by atoms with Gasteiger partial charge in [0.1, 0.15) is 0 Å². The van der Waals surface area contributed by atoms with Gasteiger partial charge >= 0.3 is 0 Å². The molecule has 0 fully saturated rings. The third kappa shape index (κ3) is 11.7. The van der Waals surface area contributed by atoms with Crippen LogP contribution in [0, 0.1) is 12.8 Å². The molecule has 0 bridgehead atoms. The molecule has 0 N–H and O–H groups in total. The fourth-order valence-electron chi connectivity index (χ4n) is 1.58. The predicted octanol–water partition coefficient (Wildman–Crippen LogP) is 5.15. The van der Waals surface area contributed by atoms with Crippen LogP contribution in [0.25, 0.3) is 0 Å². The van der Waals surface area contributed by atoms with E-state index in [-0.39, 0.29) is 0 Å². The van der Waals surface area contributed by atoms with Crippen LogP contribution in [-0.4, -0.2) is 0 Å². The average molecular weight is 195 g/mol. The smallest absolute Gasteiger partial charge is 0.0351 e. The Morgan fingerprint density at radius 2 is 1.57 bits per heavy atom. The van der Waals surface area contributed by atoms with E-state index in [1.54, 1.807) is 0 Å². The first kappa shape index (κ1) is 13.7. The summed E-state index contributed by atoms with van der Waals surface area (Å²) in [5.41, 5.74) is 0. The molecule has 0 rings (SSSR count). The number of hydrogen-bond acceptors (Lipinski definition) is 0. The fourth-order valence-corrected chi connectivity index (χ4v) is 1.58. The summed E-state index contributed by atoms with van der Waals surface area (Å²) >= 11 is 0. The lowest BCUT2D eigenvalue weighted by atomic mass is 10.0. The normalized spacial score (nSPS) is 11.7. The van der Waals surface area contributed by atoms with Gasteiger partial charge in [0.25, 0.3) is 0 Å². The van der Waals surface area contributed by atoms with Crippen molar-refractivity contribution in [1.82, 2.24) is 0 Å². The molecule has 0 aliphatic carbocycles. The topological polar surface area (TPSA) is 0 Å². The molecule has 0 atom stereocenters. The van der Waals surface area contributed by atoms with Crippen molar-refractivity contribution in [3.05, 3.63) is 19.1 Å². The van der Waals surface area contributed by atoms with Gasteiger partial charge in [-0.1, -0.05) is 58.1 Å².